The molecule has 0 bridgehead atoms. The van der Waals surface area contributed by atoms with E-state index >= 15 is 0 Å². The molecule has 2 rings (SSSR count). The summed E-state index contributed by atoms with van der Waals surface area (Å²) in [6.07, 6.45) is 1.55. The number of carbonyl (C=O) groups excluding carboxylic acids is 1. The van der Waals surface area contributed by atoms with Gasteiger partial charge >= 0.3 is 6.09 Å². The number of nitrogens with two attached hydrogens (primary N) is 1. The Balaban J connectivity index is 1.89. The van der Waals surface area contributed by atoms with Gasteiger partial charge < -0.3 is 25.4 Å². The first-order valence-corrected chi connectivity index (χ1v) is 7.25. The number of hydrogen-bond acceptors (Lipinski definition) is 5. The summed E-state index contributed by atoms with van der Waals surface area (Å²) in [6, 6.07) is 5.92. The molecule has 0 spiro atoms. The highest BCUT2D eigenvalue weighted by Crippen LogP contribution is 2.24. The van der Waals surface area contributed by atoms with Crippen LogP contribution in [0, 0.1) is 0 Å². The maximum absolute atomic E-state index is 11.6. The van der Waals surface area contributed by atoms with Crippen molar-refractivity contribution in [3.05, 3.63) is 18.2 Å². The monoisotopic (exact) mass is 293 g/mol. The third-order valence-corrected chi connectivity index (χ3v) is 3.56. The van der Waals surface area contributed by atoms with Crippen LogP contribution in [0.15, 0.2) is 18.2 Å². The molecule has 0 unspecified atom stereocenters. The molecule has 1 heterocycles. The smallest absolute Gasteiger partial charge is 0.409 e. The lowest BCUT2D eigenvalue weighted by atomic mass is 10.0. The van der Waals surface area contributed by atoms with Gasteiger partial charge in [-0.2, -0.15) is 0 Å². The first-order chi connectivity index (χ1) is 10.1. The minimum Gasteiger partial charge on any atom is -0.497 e. The molecule has 1 fully saturated rings. The third-order valence-electron chi connectivity index (χ3n) is 3.56. The van der Waals surface area contributed by atoms with Crippen LogP contribution in [-0.2, 0) is 4.74 Å². The molecule has 6 heteroatoms. The fourth-order valence-electron chi connectivity index (χ4n) is 2.48. The summed E-state index contributed by atoms with van der Waals surface area (Å²) >= 11 is 0. The highest BCUT2D eigenvalue weighted by Gasteiger charge is 2.23. The van der Waals surface area contributed by atoms with E-state index in [9.17, 15) is 4.79 Å². The molecule has 0 saturated carbocycles. The van der Waals surface area contributed by atoms with Crippen molar-refractivity contribution < 1.29 is 14.3 Å². The average molecular weight is 293 g/mol. The number of nitrogens with one attached hydrogen (secondary N) is 1. The molecule has 1 amide bonds. The van der Waals surface area contributed by atoms with Gasteiger partial charge in [0, 0.05) is 42.6 Å². The average Bonchev–Trinajstić information content (AvgIpc) is 2.47. The van der Waals surface area contributed by atoms with Gasteiger partial charge in [0.2, 0.25) is 0 Å². The van der Waals surface area contributed by atoms with Crippen molar-refractivity contribution in [3.8, 4) is 5.75 Å². The zero-order valence-corrected chi connectivity index (χ0v) is 12.6. The zero-order chi connectivity index (χ0) is 15.2. The minimum atomic E-state index is -0.221. The second kappa shape index (κ2) is 7.06. The maximum atomic E-state index is 11.6. The summed E-state index contributed by atoms with van der Waals surface area (Å²) in [6.45, 7) is 3.64. The number of piperidine rings is 1. The molecule has 116 valence electrons. The van der Waals surface area contributed by atoms with Crippen LogP contribution in [0.5, 0.6) is 5.75 Å². The third kappa shape index (κ3) is 4.18. The summed E-state index contributed by atoms with van der Waals surface area (Å²) in [5.41, 5.74) is 7.46. The van der Waals surface area contributed by atoms with Crippen molar-refractivity contribution in [1.29, 1.82) is 0 Å². The van der Waals surface area contributed by atoms with Crippen LogP contribution in [0.4, 0.5) is 16.2 Å². The van der Waals surface area contributed by atoms with Gasteiger partial charge in [-0.25, -0.2) is 4.79 Å². The molecule has 3 N–H and O–H groups in total. The lowest BCUT2D eigenvalue weighted by Gasteiger charge is -2.32. The fraction of sp³-hybridized carbons (Fsp3) is 0.533. The van der Waals surface area contributed by atoms with Gasteiger partial charge in [-0.3, -0.25) is 0 Å². The predicted octanol–water partition coefficient (Wildman–Crippen LogP) is 2.31. The number of likely N-dealkylation sites (tertiary alicyclic amines) is 1. The predicted molar refractivity (Wildman–Crippen MR) is 82.6 cm³/mol. The summed E-state index contributed by atoms with van der Waals surface area (Å²) < 4.78 is 10.2. The Morgan fingerprint density at radius 1 is 1.38 bits per heavy atom. The van der Waals surface area contributed by atoms with Gasteiger partial charge in [-0.1, -0.05) is 0 Å². The van der Waals surface area contributed by atoms with Crippen molar-refractivity contribution in [2.45, 2.75) is 25.8 Å². The summed E-state index contributed by atoms with van der Waals surface area (Å²) in [5, 5.41) is 3.45. The molecule has 1 aliphatic heterocycles. The SMILES string of the molecule is CCOC(=O)N1CCC(Nc2cc(N)cc(OC)c2)CC1. The van der Waals surface area contributed by atoms with E-state index in [4.69, 9.17) is 15.2 Å². The quantitative estimate of drug-likeness (QED) is 0.833. The number of carbonyl (C=O) groups is 1. The topological polar surface area (TPSA) is 76.8 Å². The molecule has 0 atom stereocenters. The normalized spacial score (nSPS) is 15.6. The molecule has 0 aromatic heterocycles. The Morgan fingerprint density at radius 2 is 2.10 bits per heavy atom. The van der Waals surface area contributed by atoms with Gasteiger partial charge in [-0.15, -0.1) is 0 Å². The van der Waals surface area contributed by atoms with Crippen molar-refractivity contribution in [2.75, 3.05) is 37.9 Å². The first-order valence-electron chi connectivity index (χ1n) is 7.25. The molecule has 1 aliphatic rings. The van der Waals surface area contributed by atoms with Crippen LogP contribution in [0.3, 0.4) is 0 Å². The van der Waals surface area contributed by atoms with Gasteiger partial charge in [0.05, 0.1) is 13.7 Å². The Labute approximate surface area is 125 Å². The van der Waals surface area contributed by atoms with Gasteiger partial charge in [-0.05, 0) is 25.8 Å². The van der Waals surface area contributed by atoms with Crippen LogP contribution >= 0.6 is 0 Å². The Morgan fingerprint density at radius 3 is 2.71 bits per heavy atom. The number of nitrogen functional groups attached to an aromatic ring is 1. The van der Waals surface area contributed by atoms with E-state index in [1.54, 1.807) is 18.1 Å². The highest BCUT2D eigenvalue weighted by molar-refractivity contribution is 5.67. The molecule has 1 aromatic rings. The summed E-state index contributed by atoms with van der Waals surface area (Å²) in [7, 11) is 1.62. The summed E-state index contributed by atoms with van der Waals surface area (Å²) in [4.78, 5) is 13.4. The molecular weight excluding hydrogens is 270 g/mol. The highest BCUT2D eigenvalue weighted by atomic mass is 16.6. The van der Waals surface area contributed by atoms with E-state index in [-0.39, 0.29) is 6.09 Å². The number of hydrogen-bond donors (Lipinski definition) is 2. The fourth-order valence-corrected chi connectivity index (χ4v) is 2.48. The van der Waals surface area contributed by atoms with Crippen molar-refractivity contribution >= 4 is 17.5 Å². The van der Waals surface area contributed by atoms with Gasteiger partial charge in [0.1, 0.15) is 5.75 Å². The number of ether oxygens (including phenoxy) is 2. The molecule has 0 aliphatic carbocycles. The van der Waals surface area contributed by atoms with E-state index in [2.05, 4.69) is 5.32 Å². The number of amides is 1. The Bertz CT molecular complexity index is 485. The minimum absolute atomic E-state index is 0.221. The van der Waals surface area contributed by atoms with E-state index in [0.717, 1.165) is 24.3 Å². The Kier molecular flexibility index (Phi) is 5.14. The number of rotatable bonds is 4. The van der Waals surface area contributed by atoms with Crippen LogP contribution in [0.2, 0.25) is 0 Å². The molecule has 0 radical (unpaired) electrons. The van der Waals surface area contributed by atoms with Crippen molar-refractivity contribution in [1.82, 2.24) is 4.90 Å². The molecule has 21 heavy (non-hydrogen) atoms. The number of methoxy groups -OCH3 is 1. The van der Waals surface area contributed by atoms with Gasteiger partial charge in [0.25, 0.3) is 0 Å². The lowest BCUT2D eigenvalue weighted by molar-refractivity contribution is 0.0983. The molecule has 1 aromatic carbocycles. The van der Waals surface area contributed by atoms with E-state index in [0.29, 0.717) is 31.4 Å². The summed E-state index contributed by atoms with van der Waals surface area (Å²) in [5.74, 6) is 0.737. The molecule has 6 nitrogen and oxygen atoms in total. The van der Waals surface area contributed by atoms with Crippen LogP contribution in [0.1, 0.15) is 19.8 Å². The second-order valence-electron chi connectivity index (χ2n) is 5.10. The van der Waals surface area contributed by atoms with Crippen LogP contribution in [0.25, 0.3) is 0 Å². The van der Waals surface area contributed by atoms with Crippen LogP contribution in [-0.4, -0.2) is 43.8 Å². The van der Waals surface area contributed by atoms with E-state index in [1.165, 1.54) is 0 Å². The number of nitrogens with zero attached hydrogens (tertiary/aromatic N) is 1. The first kappa shape index (κ1) is 15.3. The molecule has 1 saturated heterocycles. The Hall–Kier alpha value is -2.11. The maximum Gasteiger partial charge on any atom is 0.409 e. The number of benzene rings is 1. The van der Waals surface area contributed by atoms with Gasteiger partial charge in [0.15, 0.2) is 0 Å². The lowest BCUT2D eigenvalue weighted by Crippen LogP contribution is -2.42. The van der Waals surface area contributed by atoms with E-state index < -0.39 is 0 Å². The molecular formula is C15H23N3O3. The van der Waals surface area contributed by atoms with Crippen LogP contribution < -0.4 is 15.8 Å². The van der Waals surface area contributed by atoms with Crippen molar-refractivity contribution in [2.24, 2.45) is 0 Å². The second-order valence-corrected chi connectivity index (χ2v) is 5.10. The van der Waals surface area contributed by atoms with E-state index in [1.807, 2.05) is 19.1 Å². The standard InChI is InChI=1S/C15H23N3O3/c1-3-21-15(19)18-6-4-12(5-7-18)17-13-8-11(16)9-14(10-13)20-2/h8-10,12,17H,3-7,16H2,1-2H3. The largest absolute Gasteiger partial charge is 0.497 e. The number of anilines is 2. The zero-order valence-electron chi connectivity index (χ0n) is 12.6. The van der Waals surface area contributed by atoms with Crippen molar-refractivity contribution in [3.63, 3.8) is 0 Å².